The van der Waals surface area contributed by atoms with Gasteiger partial charge in [-0.3, -0.25) is 10.1 Å². The molecule has 3 amide bonds. The SMILES string of the molecule is CCc1cccc(NC(=O)NC(C(=O)Nc2nnc(-c3ccccc3)s2)C(C)CC)c1. The Morgan fingerprint density at radius 2 is 1.77 bits per heavy atom. The molecule has 2 atom stereocenters. The summed E-state index contributed by atoms with van der Waals surface area (Å²) in [4.78, 5) is 25.5. The highest BCUT2D eigenvalue weighted by Crippen LogP contribution is 2.26. The van der Waals surface area contributed by atoms with E-state index in [1.54, 1.807) is 0 Å². The summed E-state index contributed by atoms with van der Waals surface area (Å²) in [6.07, 6.45) is 1.61. The van der Waals surface area contributed by atoms with Crippen molar-refractivity contribution < 1.29 is 9.59 Å². The number of carbonyl (C=O) groups is 2. The van der Waals surface area contributed by atoms with Crippen molar-refractivity contribution in [1.29, 1.82) is 0 Å². The van der Waals surface area contributed by atoms with Crippen molar-refractivity contribution in [2.75, 3.05) is 10.6 Å². The van der Waals surface area contributed by atoms with Gasteiger partial charge in [0.1, 0.15) is 11.0 Å². The molecule has 7 nitrogen and oxygen atoms in total. The minimum absolute atomic E-state index is 0.0609. The standard InChI is InChI=1S/C23H27N5O2S/c1-4-15(3)19(25-22(30)24-18-13-9-10-16(5-2)14-18)20(29)26-23-28-27-21(31-23)17-11-7-6-8-12-17/h6-15,19H,4-5H2,1-3H3,(H2,24,25,30)(H,26,28,29). The molecule has 0 aliphatic carbocycles. The van der Waals surface area contributed by atoms with Gasteiger partial charge in [0.25, 0.3) is 0 Å². The molecule has 3 aromatic rings. The van der Waals surface area contributed by atoms with Crippen molar-refractivity contribution >= 4 is 34.1 Å². The Balaban J connectivity index is 1.66. The Morgan fingerprint density at radius 3 is 2.48 bits per heavy atom. The zero-order chi connectivity index (χ0) is 22.2. The summed E-state index contributed by atoms with van der Waals surface area (Å²) in [6, 6.07) is 16.2. The second-order valence-electron chi connectivity index (χ2n) is 7.28. The number of nitrogens with one attached hydrogen (secondary N) is 3. The quantitative estimate of drug-likeness (QED) is 0.465. The number of amides is 3. The molecule has 1 heterocycles. The van der Waals surface area contributed by atoms with Crippen LogP contribution in [0.4, 0.5) is 15.6 Å². The number of benzene rings is 2. The molecule has 0 saturated heterocycles. The molecule has 2 unspecified atom stereocenters. The molecule has 3 rings (SSSR count). The molecule has 0 bridgehead atoms. The van der Waals surface area contributed by atoms with Crippen molar-refractivity contribution in [3.63, 3.8) is 0 Å². The topological polar surface area (TPSA) is 96.0 Å². The maximum atomic E-state index is 12.9. The number of urea groups is 1. The van der Waals surface area contributed by atoms with Crippen LogP contribution in [0.1, 0.15) is 32.8 Å². The molecule has 0 aliphatic heterocycles. The predicted molar refractivity (Wildman–Crippen MR) is 125 cm³/mol. The fourth-order valence-corrected chi connectivity index (χ4v) is 3.79. The molecule has 0 spiro atoms. The van der Waals surface area contributed by atoms with Gasteiger partial charge >= 0.3 is 6.03 Å². The minimum Gasteiger partial charge on any atom is -0.326 e. The van der Waals surface area contributed by atoms with E-state index in [0.717, 1.165) is 29.0 Å². The van der Waals surface area contributed by atoms with E-state index in [1.807, 2.05) is 68.4 Å². The van der Waals surface area contributed by atoms with E-state index in [1.165, 1.54) is 11.3 Å². The van der Waals surface area contributed by atoms with Crippen LogP contribution in [0.25, 0.3) is 10.6 Å². The number of hydrogen-bond donors (Lipinski definition) is 3. The summed E-state index contributed by atoms with van der Waals surface area (Å²) in [6.45, 7) is 5.96. The molecule has 0 aliphatic rings. The van der Waals surface area contributed by atoms with E-state index in [0.29, 0.717) is 10.8 Å². The summed E-state index contributed by atoms with van der Waals surface area (Å²) in [5, 5.41) is 17.8. The van der Waals surface area contributed by atoms with Gasteiger partial charge in [-0.2, -0.15) is 0 Å². The fraction of sp³-hybridized carbons (Fsp3) is 0.304. The summed E-state index contributed by atoms with van der Waals surface area (Å²) in [5.41, 5.74) is 2.75. The van der Waals surface area contributed by atoms with Gasteiger partial charge in [0.15, 0.2) is 0 Å². The Bertz CT molecular complexity index is 1020. The molecule has 31 heavy (non-hydrogen) atoms. The minimum atomic E-state index is -0.705. The Labute approximate surface area is 186 Å². The van der Waals surface area contributed by atoms with Gasteiger partial charge in [0, 0.05) is 11.3 Å². The van der Waals surface area contributed by atoms with Crippen LogP contribution in [-0.4, -0.2) is 28.2 Å². The first-order chi connectivity index (χ1) is 15.0. The van der Waals surface area contributed by atoms with Crippen molar-refractivity contribution in [3.05, 3.63) is 60.2 Å². The van der Waals surface area contributed by atoms with Gasteiger partial charge < -0.3 is 10.6 Å². The number of anilines is 2. The average Bonchev–Trinajstić information content (AvgIpc) is 3.26. The lowest BCUT2D eigenvalue weighted by Gasteiger charge is -2.23. The van der Waals surface area contributed by atoms with Crippen LogP contribution in [-0.2, 0) is 11.2 Å². The second kappa shape index (κ2) is 10.7. The summed E-state index contributed by atoms with van der Waals surface area (Å²) < 4.78 is 0. The van der Waals surface area contributed by atoms with Gasteiger partial charge in [0.2, 0.25) is 11.0 Å². The van der Waals surface area contributed by atoms with Gasteiger partial charge in [-0.15, -0.1) is 10.2 Å². The van der Waals surface area contributed by atoms with E-state index in [4.69, 9.17) is 0 Å². The maximum absolute atomic E-state index is 12.9. The molecule has 1 aromatic heterocycles. The lowest BCUT2D eigenvalue weighted by molar-refractivity contribution is -0.119. The van der Waals surface area contributed by atoms with Gasteiger partial charge in [-0.1, -0.05) is 81.0 Å². The third-order valence-corrected chi connectivity index (χ3v) is 5.94. The van der Waals surface area contributed by atoms with Crippen LogP contribution in [0.2, 0.25) is 0 Å². The third kappa shape index (κ3) is 6.11. The smallest absolute Gasteiger partial charge is 0.319 e. The highest BCUT2D eigenvalue weighted by molar-refractivity contribution is 7.18. The van der Waals surface area contributed by atoms with E-state index in [-0.39, 0.29) is 11.8 Å². The number of carbonyl (C=O) groups excluding carboxylic acids is 2. The molecule has 8 heteroatoms. The molecule has 0 fully saturated rings. The van der Waals surface area contributed by atoms with Crippen LogP contribution in [0.3, 0.4) is 0 Å². The van der Waals surface area contributed by atoms with Crippen molar-refractivity contribution in [1.82, 2.24) is 15.5 Å². The zero-order valence-corrected chi connectivity index (χ0v) is 18.7. The van der Waals surface area contributed by atoms with Crippen LogP contribution in [0.15, 0.2) is 54.6 Å². The number of rotatable bonds is 8. The fourth-order valence-electron chi connectivity index (χ4n) is 3.03. The first kappa shape index (κ1) is 22.4. The number of hydrogen-bond acceptors (Lipinski definition) is 5. The van der Waals surface area contributed by atoms with E-state index in [2.05, 4.69) is 33.1 Å². The van der Waals surface area contributed by atoms with E-state index < -0.39 is 12.1 Å². The molecule has 162 valence electrons. The second-order valence-corrected chi connectivity index (χ2v) is 8.26. The highest BCUT2D eigenvalue weighted by atomic mass is 32.1. The summed E-state index contributed by atoms with van der Waals surface area (Å²) in [5.74, 6) is -0.378. The first-order valence-electron chi connectivity index (χ1n) is 10.4. The monoisotopic (exact) mass is 437 g/mol. The number of aryl methyl sites for hydroxylation is 1. The average molecular weight is 438 g/mol. The normalized spacial score (nSPS) is 12.6. The predicted octanol–water partition coefficient (Wildman–Crippen LogP) is 4.94. The Morgan fingerprint density at radius 1 is 1.00 bits per heavy atom. The van der Waals surface area contributed by atoms with Crippen LogP contribution < -0.4 is 16.0 Å². The third-order valence-electron chi connectivity index (χ3n) is 5.05. The van der Waals surface area contributed by atoms with E-state index in [9.17, 15) is 9.59 Å². The lowest BCUT2D eigenvalue weighted by Crippen LogP contribution is -2.49. The highest BCUT2D eigenvalue weighted by Gasteiger charge is 2.27. The van der Waals surface area contributed by atoms with Gasteiger partial charge in [0.05, 0.1) is 0 Å². The van der Waals surface area contributed by atoms with Crippen molar-refractivity contribution in [2.24, 2.45) is 5.92 Å². The summed E-state index contributed by atoms with van der Waals surface area (Å²) >= 11 is 1.29. The van der Waals surface area contributed by atoms with Crippen LogP contribution in [0.5, 0.6) is 0 Å². The van der Waals surface area contributed by atoms with Gasteiger partial charge in [-0.25, -0.2) is 4.79 Å². The Kier molecular flexibility index (Phi) is 7.72. The van der Waals surface area contributed by atoms with E-state index >= 15 is 0 Å². The van der Waals surface area contributed by atoms with Gasteiger partial charge in [-0.05, 0) is 30.0 Å². The van der Waals surface area contributed by atoms with Crippen molar-refractivity contribution in [3.8, 4) is 10.6 Å². The van der Waals surface area contributed by atoms with Crippen LogP contribution >= 0.6 is 11.3 Å². The summed E-state index contributed by atoms with van der Waals surface area (Å²) in [7, 11) is 0. The maximum Gasteiger partial charge on any atom is 0.319 e. The molecular formula is C23H27N5O2S. The number of aromatic nitrogens is 2. The largest absolute Gasteiger partial charge is 0.326 e. The molecule has 0 saturated carbocycles. The van der Waals surface area contributed by atoms with Crippen molar-refractivity contribution in [2.45, 2.75) is 39.7 Å². The van der Waals surface area contributed by atoms with Crippen LogP contribution in [0, 0.1) is 5.92 Å². The molecular weight excluding hydrogens is 410 g/mol. The Hall–Kier alpha value is -3.26. The number of nitrogens with zero attached hydrogens (tertiary/aromatic N) is 2. The molecule has 0 radical (unpaired) electrons. The zero-order valence-electron chi connectivity index (χ0n) is 17.9. The molecule has 3 N–H and O–H groups in total. The lowest BCUT2D eigenvalue weighted by atomic mass is 9.98. The molecule has 2 aromatic carbocycles. The first-order valence-corrected chi connectivity index (χ1v) is 11.2.